The molecule has 0 aliphatic rings. The molecule has 3 atom stereocenters. The van der Waals surface area contributed by atoms with Crippen molar-refractivity contribution in [1.82, 2.24) is 10.8 Å². The molecule has 0 radical (unpaired) electrons. The lowest BCUT2D eigenvalue weighted by molar-refractivity contribution is -0.150. The first-order valence-electron chi connectivity index (χ1n) is 7.07. The van der Waals surface area contributed by atoms with Crippen molar-refractivity contribution in [2.45, 2.75) is 53.2 Å². The first kappa shape index (κ1) is 20.3. The van der Waals surface area contributed by atoms with Gasteiger partial charge in [-0.3, -0.25) is 14.8 Å². The van der Waals surface area contributed by atoms with Crippen molar-refractivity contribution in [3.63, 3.8) is 0 Å². The molecule has 0 saturated heterocycles. The summed E-state index contributed by atoms with van der Waals surface area (Å²) in [5.74, 6) is -4.23. The van der Waals surface area contributed by atoms with Crippen LogP contribution in [0.2, 0.25) is 0 Å². The molecule has 0 saturated carbocycles. The van der Waals surface area contributed by atoms with Crippen LogP contribution in [0.1, 0.15) is 41.0 Å². The highest BCUT2D eigenvalue weighted by molar-refractivity contribution is 5.91. The smallest absolute Gasteiger partial charge is 0.326 e. The van der Waals surface area contributed by atoms with E-state index in [0.29, 0.717) is 0 Å². The number of hydrogen-bond donors (Lipinski definition) is 5. The largest absolute Gasteiger partial charge is 0.480 e. The number of carbonyl (C=O) groups excluding carboxylic acids is 2. The van der Waals surface area contributed by atoms with Gasteiger partial charge in [0.1, 0.15) is 12.1 Å². The van der Waals surface area contributed by atoms with E-state index in [9.17, 15) is 24.6 Å². The molecule has 22 heavy (non-hydrogen) atoms. The molecule has 0 aromatic rings. The van der Waals surface area contributed by atoms with Gasteiger partial charge in [-0.1, -0.05) is 34.6 Å². The summed E-state index contributed by atoms with van der Waals surface area (Å²) >= 11 is 0. The number of rotatable bonds is 7. The molecule has 128 valence electrons. The first-order valence-corrected chi connectivity index (χ1v) is 7.07. The average Bonchev–Trinajstić information content (AvgIpc) is 2.38. The van der Waals surface area contributed by atoms with Crippen LogP contribution in [0.4, 0.5) is 0 Å². The zero-order chi connectivity index (χ0) is 17.7. The lowest BCUT2D eigenvalue weighted by Crippen LogP contribution is -2.54. The lowest BCUT2D eigenvalue weighted by Gasteiger charge is -2.30. The van der Waals surface area contributed by atoms with E-state index in [0.717, 1.165) is 0 Å². The number of aliphatic hydroxyl groups excluding tert-OH is 1. The summed E-state index contributed by atoms with van der Waals surface area (Å²) in [7, 11) is 0. The molecule has 5 N–H and O–H groups in total. The van der Waals surface area contributed by atoms with E-state index in [2.05, 4.69) is 5.32 Å². The van der Waals surface area contributed by atoms with Crippen LogP contribution >= 0.6 is 0 Å². The van der Waals surface area contributed by atoms with Gasteiger partial charge in [0.2, 0.25) is 5.91 Å². The second-order valence-corrected chi connectivity index (χ2v) is 6.80. The van der Waals surface area contributed by atoms with E-state index in [4.69, 9.17) is 5.21 Å². The molecule has 0 aliphatic carbocycles. The Morgan fingerprint density at radius 2 is 1.59 bits per heavy atom. The molecule has 0 aliphatic heterocycles. The number of carbonyl (C=O) groups is 3. The van der Waals surface area contributed by atoms with Crippen molar-refractivity contribution < 1.29 is 29.8 Å². The maximum Gasteiger partial charge on any atom is 0.326 e. The fraction of sp³-hybridized carbons (Fsp3) is 0.786. The van der Waals surface area contributed by atoms with E-state index in [1.165, 1.54) is 5.48 Å². The third-order valence-corrected chi connectivity index (χ3v) is 3.22. The Hall–Kier alpha value is -1.67. The maximum absolute atomic E-state index is 12.3. The molecular weight excluding hydrogens is 292 g/mol. The van der Waals surface area contributed by atoms with Gasteiger partial charge >= 0.3 is 5.97 Å². The van der Waals surface area contributed by atoms with E-state index in [-0.39, 0.29) is 12.3 Å². The predicted octanol–water partition coefficient (Wildman–Crippen LogP) is 0.131. The van der Waals surface area contributed by atoms with E-state index in [1.807, 2.05) is 0 Å². The number of nitrogens with one attached hydrogen (secondary N) is 2. The van der Waals surface area contributed by atoms with Crippen LogP contribution in [0.3, 0.4) is 0 Å². The Morgan fingerprint density at radius 1 is 1.09 bits per heavy atom. The minimum Gasteiger partial charge on any atom is -0.480 e. The van der Waals surface area contributed by atoms with Crippen molar-refractivity contribution >= 4 is 17.8 Å². The van der Waals surface area contributed by atoms with Crippen LogP contribution in [0.25, 0.3) is 0 Å². The normalized spacial score (nSPS) is 15.8. The van der Waals surface area contributed by atoms with Crippen molar-refractivity contribution in [3.05, 3.63) is 0 Å². The highest BCUT2D eigenvalue weighted by Gasteiger charge is 2.38. The fourth-order valence-electron chi connectivity index (χ4n) is 2.03. The number of carboxylic acids is 1. The van der Waals surface area contributed by atoms with Gasteiger partial charge in [-0.2, -0.15) is 0 Å². The molecule has 8 heteroatoms. The molecule has 0 heterocycles. The minimum atomic E-state index is -1.76. The molecule has 0 rings (SSSR count). The average molecular weight is 318 g/mol. The van der Waals surface area contributed by atoms with Crippen molar-refractivity contribution in [3.8, 4) is 0 Å². The van der Waals surface area contributed by atoms with E-state index < -0.39 is 41.3 Å². The summed E-state index contributed by atoms with van der Waals surface area (Å²) < 4.78 is 0. The highest BCUT2D eigenvalue weighted by Crippen LogP contribution is 2.22. The summed E-state index contributed by atoms with van der Waals surface area (Å²) in [5.41, 5.74) is 0.552. The second-order valence-electron chi connectivity index (χ2n) is 6.80. The Balaban J connectivity index is 5.27. The lowest BCUT2D eigenvalue weighted by atomic mass is 9.85. The van der Waals surface area contributed by atoms with Gasteiger partial charge in [0.25, 0.3) is 5.91 Å². The summed E-state index contributed by atoms with van der Waals surface area (Å²) in [6, 6.07) is -1.17. The molecule has 0 aromatic carbocycles. The molecule has 0 bridgehead atoms. The predicted molar refractivity (Wildman–Crippen MR) is 77.9 cm³/mol. The van der Waals surface area contributed by atoms with Crippen LogP contribution in [-0.4, -0.2) is 45.3 Å². The Bertz CT molecular complexity index is 416. The van der Waals surface area contributed by atoms with Gasteiger partial charge in [0.15, 0.2) is 0 Å². The Morgan fingerprint density at radius 3 is 1.91 bits per heavy atom. The number of aliphatic hydroxyl groups is 1. The number of aliphatic carboxylic acids is 1. The third-order valence-electron chi connectivity index (χ3n) is 3.22. The topological polar surface area (TPSA) is 136 Å². The van der Waals surface area contributed by atoms with Crippen molar-refractivity contribution in [2.75, 3.05) is 0 Å². The standard InChI is InChI=1S/C14H26N2O6/c1-7(2)6-8(9(17)12(19)16-22)11(18)15-10(13(20)21)14(3,4)5/h7-10,17,22H,6H2,1-5H3,(H,15,18)(H,16,19)(H,20,21). The number of amides is 2. The van der Waals surface area contributed by atoms with Crippen LogP contribution in [0.15, 0.2) is 0 Å². The Labute approximate surface area is 129 Å². The van der Waals surface area contributed by atoms with Crippen LogP contribution in [0, 0.1) is 17.3 Å². The minimum absolute atomic E-state index is 0.0187. The molecule has 0 fully saturated rings. The summed E-state index contributed by atoms with van der Waals surface area (Å²) in [6.45, 7) is 8.55. The molecule has 3 unspecified atom stereocenters. The van der Waals surface area contributed by atoms with Gasteiger partial charge in [-0.25, -0.2) is 10.3 Å². The summed E-state index contributed by atoms with van der Waals surface area (Å²) in [4.78, 5) is 34.9. The van der Waals surface area contributed by atoms with Gasteiger partial charge in [-0.05, 0) is 17.8 Å². The fourth-order valence-corrected chi connectivity index (χ4v) is 2.03. The Kier molecular flexibility index (Phi) is 7.48. The van der Waals surface area contributed by atoms with Crippen molar-refractivity contribution in [2.24, 2.45) is 17.3 Å². The third kappa shape index (κ3) is 5.98. The monoisotopic (exact) mass is 318 g/mol. The summed E-state index contributed by atoms with van der Waals surface area (Å²) in [5, 5.41) is 30.0. The van der Waals surface area contributed by atoms with Crippen molar-refractivity contribution in [1.29, 1.82) is 0 Å². The number of carboxylic acid groups (broad SMARTS) is 1. The van der Waals surface area contributed by atoms with Crippen LogP contribution < -0.4 is 10.8 Å². The first-order chi connectivity index (χ1) is 9.91. The van der Waals surface area contributed by atoms with E-state index in [1.54, 1.807) is 34.6 Å². The molecule has 0 spiro atoms. The van der Waals surface area contributed by atoms with E-state index >= 15 is 0 Å². The second kappa shape index (κ2) is 8.09. The number of hydrogen-bond acceptors (Lipinski definition) is 5. The summed E-state index contributed by atoms with van der Waals surface area (Å²) in [6.07, 6.45) is -1.60. The maximum atomic E-state index is 12.3. The quantitative estimate of drug-likeness (QED) is 0.334. The van der Waals surface area contributed by atoms with Gasteiger partial charge in [0.05, 0.1) is 5.92 Å². The SMILES string of the molecule is CC(C)CC(C(=O)NC(C(=O)O)C(C)(C)C)C(O)C(=O)NO. The number of hydroxylamine groups is 1. The zero-order valence-electron chi connectivity index (χ0n) is 13.6. The van der Waals surface area contributed by atoms with Crippen LogP contribution in [0.5, 0.6) is 0 Å². The molecule has 8 nitrogen and oxygen atoms in total. The molecule has 2 amide bonds. The molecule has 0 aromatic heterocycles. The van der Waals surface area contributed by atoms with Gasteiger partial charge in [0, 0.05) is 0 Å². The zero-order valence-corrected chi connectivity index (χ0v) is 13.6. The van der Waals surface area contributed by atoms with Gasteiger partial charge in [-0.15, -0.1) is 0 Å². The molecular formula is C14H26N2O6. The van der Waals surface area contributed by atoms with Gasteiger partial charge < -0.3 is 15.5 Å². The highest BCUT2D eigenvalue weighted by atomic mass is 16.5. The van der Waals surface area contributed by atoms with Crippen LogP contribution in [-0.2, 0) is 14.4 Å².